The first kappa shape index (κ1) is 29.2. The van der Waals surface area contributed by atoms with Gasteiger partial charge in [-0.15, -0.1) is 12.4 Å². The number of aliphatic hydroxyl groups excluding tert-OH is 1. The number of para-hydroxylation sites is 1. The summed E-state index contributed by atoms with van der Waals surface area (Å²) in [5.41, 5.74) is 4.52. The zero-order chi connectivity index (χ0) is 25.3. The van der Waals surface area contributed by atoms with Crippen LogP contribution in [0.15, 0.2) is 72.8 Å². The van der Waals surface area contributed by atoms with Crippen LogP contribution in [0.5, 0.6) is 11.5 Å². The third-order valence-electron chi connectivity index (χ3n) is 5.77. The molecule has 2 bridgehead atoms. The van der Waals surface area contributed by atoms with Crippen molar-refractivity contribution in [3.05, 3.63) is 95.1 Å². The van der Waals surface area contributed by atoms with Gasteiger partial charge >= 0.3 is 5.97 Å². The Labute approximate surface area is 219 Å². The van der Waals surface area contributed by atoms with Gasteiger partial charge in [0.15, 0.2) is 0 Å². The summed E-state index contributed by atoms with van der Waals surface area (Å²) in [5.74, 6) is 0.394. The summed E-state index contributed by atoms with van der Waals surface area (Å²) >= 11 is 0. The fourth-order valence-corrected chi connectivity index (χ4v) is 3.86. The summed E-state index contributed by atoms with van der Waals surface area (Å²) in [7, 11) is 1.64. The first-order valence-corrected chi connectivity index (χ1v) is 11.8. The van der Waals surface area contributed by atoms with Crippen molar-refractivity contribution in [2.45, 2.75) is 44.8 Å². The monoisotopic (exact) mass is 513 g/mol. The minimum Gasteiger partial charge on any atom is -0.497 e. The molecule has 1 atom stereocenters. The molecule has 0 heterocycles. The van der Waals surface area contributed by atoms with Crippen LogP contribution < -0.4 is 14.8 Å². The Morgan fingerprint density at radius 3 is 2.19 bits per heavy atom. The molecule has 0 amide bonds. The van der Waals surface area contributed by atoms with Gasteiger partial charge in [0.25, 0.3) is 0 Å². The molecule has 7 heteroatoms. The highest BCUT2D eigenvalue weighted by atomic mass is 35.5. The quantitative estimate of drug-likeness (QED) is 0.270. The number of ether oxygens (including phenoxy) is 2. The zero-order valence-electron chi connectivity index (χ0n) is 21.1. The van der Waals surface area contributed by atoms with Crippen LogP contribution in [-0.4, -0.2) is 48.1 Å². The number of halogens is 1. The minimum absolute atomic E-state index is 0. The van der Waals surface area contributed by atoms with Crippen molar-refractivity contribution in [3.8, 4) is 11.5 Å². The van der Waals surface area contributed by atoms with Gasteiger partial charge in [0, 0.05) is 17.6 Å². The number of rotatable bonds is 11. The SMILES string of the molecule is COc1ccc(CC(C)(C)NCC(O)COc2ccccc2CC(=O)O)cc1.Cl.c1cc2cc(c1)C2. The number of aliphatic hydroxyl groups is 1. The number of β-amino-alcohol motifs (C(OH)–C–C–N with tert-alkyl or cyclic N) is 1. The highest BCUT2D eigenvalue weighted by Crippen LogP contribution is 2.20. The van der Waals surface area contributed by atoms with E-state index in [1.165, 1.54) is 23.1 Å². The summed E-state index contributed by atoms with van der Waals surface area (Å²) in [6.07, 6.45) is 1.19. The Bertz CT molecular complexity index is 1080. The number of carboxylic acid groups (broad SMARTS) is 1. The van der Waals surface area contributed by atoms with Crippen molar-refractivity contribution in [2.24, 2.45) is 0 Å². The fraction of sp³-hybridized carbons (Fsp3) is 0.345. The number of carboxylic acids is 1. The van der Waals surface area contributed by atoms with Gasteiger partial charge in [0.05, 0.1) is 13.5 Å². The van der Waals surface area contributed by atoms with Crippen LogP contribution >= 0.6 is 12.4 Å². The molecule has 0 fully saturated rings. The van der Waals surface area contributed by atoms with E-state index in [2.05, 4.69) is 43.4 Å². The first-order chi connectivity index (χ1) is 16.7. The van der Waals surface area contributed by atoms with E-state index in [1.54, 1.807) is 31.4 Å². The summed E-state index contributed by atoms with van der Waals surface area (Å²) in [5, 5.41) is 22.6. The molecule has 1 unspecified atom stereocenters. The van der Waals surface area contributed by atoms with Crippen LogP contribution in [0.2, 0.25) is 0 Å². The molecule has 3 aromatic rings. The van der Waals surface area contributed by atoms with Crippen LogP contribution in [0.25, 0.3) is 0 Å². The summed E-state index contributed by atoms with van der Waals surface area (Å²) < 4.78 is 10.8. The second-order valence-electron chi connectivity index (χ2n) is 9.43. The molecule has 0 spiro atoms. The lowest BCUT2D eigenvalue weighted by atomic mass is 9.94. The van der Waals surface area contributed by atoms with Crippen molar-refractivity contribution in [3.63, 3.8) is 0 Å². The fourth-order valence-electron chi connectivity index (χ4n) is 3.86. The highest BCUT2D eigenvalue weighted by molar-refractivity contribution is 5.85. The molecule has 5 rings (SSSR count). The molecule has 0 saturated heterocycles. The van der Waals surface area contributed by atoms with Gasteiger partial charge < -0.3 is 25.0 Å². The molecule has 36 heavy (non-hydrogen) atoms. The third kappa shape index (κ3) is 9.53. The van der Waals surface area contributed by atoms with Gasteiger partial charge in [-0.25, -0.2) is 0 Å². The van der Waals surface area contributed by atoms with E-state index >= 15 is 0 Å². The molecular formula is C29H36ClNO5. The predicted octanol–water partition coefficient (Wildman–Crippen LogP) is 4.69. The molecule has 194 valence electrons. The molecule has 0 aromatic heterocycles. The number of benzene rings is 3. The van der Waals surface area contributed by atoms with E-state index < -0.39 is 12.1 Å². The van der Waals surface area contributed by atoms with Gasteiger partial charge in [0.2, 0.25) is 0 Å². The van der Waals surface area contributed by atoms with Crippen molar-refractivity contribution in [1.82, 2.24) is 5.32 Å². The average molecular weight is 514 g/mol. The first-order valence-electron chi connectivity index (χ1n) is 11.8. The number of fused-ring (bicyclic) bond motifs is 2. The largest absolute Gasteiger partial charge is 0.497 e. The molecule has 2 aliphatic rings. The second kappa shape index (κ2) is 13.9. The standard InChI is InChI=1S/C22H29NO5.C7H6.ClH/c1-22(2,13-16-8-10-19(27-3)11-9-16)23-14-18(24)15-28-20-7-5-4-6-17(20)12-21(25)26;1-2-6-4-7(3-1)5-6;/h4-11,18,23-24H,12-15H2,1-3H3,(H,25,26);1-4H,5H2;1H. The average Bonchev–Trinajstić information content (AvgIpc) is 2.83. The molecule has 0 aliphatic heterocycles. The molecule has 2 aliphatic carbocycles. The van der Waals surface area contributed by atoms with Gasteiger partial charge in [0.1, 0.15) is 24.2 Å². The van der Waals surface area contributed by atoms with Gasteiger partial charge in [-0.05, 0) is 61.6 Å². The predicted molar refractivity (Wildman–Crippen MR) is 145 cm³/mol. The molecule has 6 nitrogen and oxygen atoms in total. The number of hydrogen-bond acceptors (Lipinski definition) is 5. The number of carbonyl (C=O) groups is 1. The van der Waals surface area contributed by atoms with Gasteiger partial charge in [-0.1, -0.05) is 54.6 Å². The van der Waals surface area contributed by atoms with E-state index in [-0.39, 0.29) is 31.0 Å². The molecule has 3 N–H and O–H groups in total. The van der Waals surface area contributed by atoms with Crippen LogP contribution in [0.1, 0.15) is 36.1 Å². The number of methoxy groups -OCH3 is 1. The summed E-state index contributed by atoms with van der Waals surface area (Å²) in [6.45, 7) is 4.60. The zero-order valence-corrected chi connectivity index (χ0v) is 21.9. The lowest BCUT2D eigenvalue weighted by Crippen LogP contribution is -2.46. The van der Waals surface area contributed by atoms with Crippen LogP contribution in [-0.2, 0) is 24.1 Å². The molecular weight excluding hydrogens is 478 g/mol. The minimum atomic E-state index is -0.918. The topological polar surface area (TPSA) is 88.0 Å². The Morgan fingerprint density at radius 1 is 1.03 bits per heavy atom. The van der Waals surface area contributed by atoms with Crippen LogP contribution in [0.3, 0.4) is 0 Å². The van der Waals surface area contributed by atoms with Crippen molar-refractivity contribution >= 4 is 18.4 Å². The summed E-state index contributed by atoms with van der Waals surface area (Å²) in [4.78, 5) is 10.9. The van der Waals surface area contributed by atoms with Crippen molar-refractivity contribution in [2.75, 3.05) is 20.3 Å². The van der Waals surface area contributed by atoms with Crippen LogP contribution in [0.4, 0.5) is 0 Å². The third-order valence-corrected chi connectivity index (χ3v) is 5.77. The molecule has 0 radical (unpaired) electrons. The second-order valence-corrected chi connectivity index (χ2v) is 9.43. The maximum Gasteiger partial charge on any atom is 0.307 e. The molecule has 3 aromatic carbocycles. The lowest BCUT2D eigenvalue weighted by Gasteiger charge is -2.28. The Hall–Kier alpha value is -3.06. The maximum atomic E-state index is 10.9. The van der Waals surface area contributed by atoms with Crippen molar-refractivity contribution < 1.29 is 24.5 Å². The van der Waals surface area contributed by atoms with Gasteiger partial charge in [-0.2, -0.15) is 0 Å². The Balaban J connectivity index is 0.000000481. The number of hydrogen-bond donors (Lipinski definition) is 3. The van der Waals surface area contributed by atoms with Gasteiger partial charge in [-0.3, -0.25) is 4.79 Å². The normalized spacial score (nSPS) is 12.2. The lowest BCUT2D eigenvalue weighted by molar-refractivity contribution is -0.136. The maximum absolute atomic E-state index is 10.9. The Kier molecular flexibility index (Phi) is 11.2. The number of nitrogens with one attached hydrogen (secondary N) is 1. The molecule has 0 saturated carbocycles. The van der Waals surface area contributed by atoms with E-state index in [0.29, 0.717) is 17.9 Å². The smallest absolute Gasteiger partial charge is 0.307 e. The van der Waals surface area contributed by atoms with E-state index in [4.69, 9.17) is 14.6 Å². The number of aliphatic carboxylic acids is 1. The van der Waals surface area contributed by atoms with E-state index in [9.17, 15) is 9.90 Å². The Morgan fingerprint density at radius 2 is 1.67 bits per heavy atom. The van der Waals surface area contributed by atoms with Crippen molar-refractivity contribution in [1.29, 1.82) is 0 Å². The summed E-state index contributed by atoms with van der Waals surface area (Å²) in [6, 6.07) is 23.5. The highest BCUT2D eigenvalue weighted by Gasteiger charge is 2.20. The van der Waals surface area contributed by atoms with Crippen LogP contribution in [0, 0.1) is 0 Å². The van der Waals surface area contributed by atoms with E-state index in [0.717, 1.165) is 12.2 Å². The van der Waals surface area contributed by atoms with E-state index in [1.807, 2.05) is 24.3 Å².